The largest absolute Gasteiger partial charge is 0.368 e. The first-order valence-electron chi connectivity index (χ1n) is 6.49. The van der Waals surface area contributed by atoms with Crippen molar-refractivity contribution in [3.8, 4) is 0 Å². The van der Waals surface area contributed by atoms with E-state index in [-0.39, 0.29) is 6.04 Å². The zero-order valence-corrected chi connectivity index (χ0v) is 13.9. The summed E-state index contributed by atoms with van der Waals surface area (Å²) in [6.07, 6.45) is 0. The fourth-order valence-corrected chi connectivity index (χ4v) is 2.78. The van der Waals surface area contributed by atoms with Gasteiger partial charge in [-0.15, -0.1) is 0 Å². The Hall–Kier alpha value is -1.03. The normalized spacial score (nSPS) is 12.2. The van der Waals surface area contributed by atoms with Gasteiger partial charge in [-0.2, -0.15) is 0 Å². The minimum absolute atomic E-state index is 0.216. The fourth-order valence-electron chi connectivity index (χ4n) is 2.24. The maximum Gasteiger partial charge on any atom is 0.0511 e. The van der Waals surface area contributed by atoms with Crippen molar-refractivity contribution >= 4 is 33.2 Å². The SMILES string of the molecule is CC(c1cccc(Cl)c1)N(C)c1cc(Br)ccc1CN. The van der Waals surface area contributed by atoms with E-state index >= 15 is 0 Å². The molecule has 0 saturated heterocycles. The summed E-state index contributed by atoms with van der Waals surface area (Å²) in [5.74, 6) is 0. The van der Waals surface area contributed by atoms with Crippen molar-refractivity contribution in [3.63, 3.8) is 0 Å². The van der Waals surface area contributed by atoms with Crippen LogP contribution in [0.5, 0.6) is 0 Å². The van der Waals surface area contributed by atoms with Gasteiger partial charge in [-0.1, -0.05) is 45.7 Å². The Morgan fingerprint density at radius 2 is 2.00 bits per heavy atom. The van der Waals surface area contributed by atoms with E-state index in [0.29, 0.717) is 6.54 Å². The van der Waals surface area contributed by atoms with Crippen molar-refractivity contribution in [2.45, 2.75) is 19.5 Å². The van der Waals surface area contributed by atoms with Gasteiger partial charge in [0.05, 0.1) is 6.04 Å². The number of benzene rings is 2. The standard InChI is InChI=1S/C16H18BrClN2/c1-11(12-4-3-5-15(18)8-12)20(2)16-9-14(17)7-6-13(16)10-19/h3-9,11H,10,19H2,1-2H3. The van der Waals surface area contributed by atoms with E-state index in [0.717, 1.165) is 20.7 Å². The summed E-state index contributed by atoms with van der Waals surface area (Å²) in [6.45, 7) is 2.68. The third-order valence-corrected chi connectivity index (χ3v) is 4.29. The molecule has 0 aliphatic carbocycles. The van der Waals surface area contributed by atoms with E-state index in [2.05, 4.69) is 53.0 Å². The number of halogens is 2. The predicted octanol–water partition coefficient (Wildman–Crippen LogP) is 4.76. The van der Waals surface area contributed by atoms with Crippen molar-refractivity contribution < 1.29 is 0 Å². The molecule has 2 aromatic carbocycles. The molecular weight excluding hydrogens is 336 g/mol. The second kappa shape index (κ2) is 6.61. The minimum Gasteiger partial charge on any atom is -0.368 e. The molecule has 2 nitrogen and oxygen atoms in total. The molecule has 0 aromatic heterocycles. The van der Waals surface area contributed by atoms with E-state index in [1.165, 1.54) is 5.56 Å². The Balaban J connectivity index is 2.35. The lowest BCUT2D eigenvalue weighted by atomic mass is 10.1. The number of rotatable bonds is 4. The molecule has 2 rings (SSSR count). The van der Waals surface area contributed by atoms with Crippen molar-refractivity contribution in [3.05, 3.63) is 63.1 Å². The van der Waals surface area contributed by atoms with Gasteiger partial charge in [0, 0.05) is 28.8 Å². The summed E-state index contributed by atoms with van der Waals surface area (Å²) in [7, 11) is 2.08. The van der Waals surface area contributed by atoms with E-state index in [9.17, 15) is 0 Å². The van der Waals surface area contributed by atoms with Crippen LogP contribution in [-0.2, 0) is 6.54 Å². The van der Waals surface area contributed by atoms with Crippen molar-refractivity contribution in [2.24, 2.45) is 5.73 Å². The number of nitrogens with zero attached hydrogens (tertiary/aromatic N) is 1. The van der Waals surface area contributed by atoms with E-state index in [1.54, 1.807) is 0 Å². The van der Waals surface area contributed by atoms with Gasteiger partial charge in [-0.3, -0.25) is 0 Å². The maximum absolute atomic E-state index is 6.08. The molecule has 2 aromatic rings. The number of anilines is 1. The highest BCUT2D eigenvalue weighted by molar-refractivity contribution is 9.10. The van der Waals surface area contributed by atoms with Crippen molar-refractivity contribution in [1.82, 2.24) is 0 Å². The van der Waals surface area contributed by atoms with Crippen molar-refractivity contribution in [1.29, 1.82) is 0 Å². The average Bonchev–Trinajstić information content (AvgIpc) is 2.45. The monoisotopic (exact) mass is 352 g/mol. The Morgan fingerprint density at radius 3 is 2.65 bits per heavy atom. The Kier molecular flexibility index (Phi) is 5.08. The molecule has 4 heteroatoms. The lowest BCUT2D eigenvalue weighted by molar-refractivity contribution is 0.734. The summed E-state index contributed by atoms with van der Waals surface area (Å²) < 4.78 is 1.05. The van der Waals surface area contributed by atoms with Crippen LogP contribution in [0.2, 0.25) is 5.02 Å². The van der Waals surface area contributed by atoms with Crippen LogP contribution in [0.25, 0.3) is 0 Å². The fraction of sp³-hybridized carbons (Fsp3) is 0.250. The third-order valence-electron chi connectivity index (χ3n) is 3.56. The van der Waals surface area contributed by atoms with Crippen LogP contribution in [0.3, 0.4) is 0 Å². The summed E-state index contributed by atoms with van der Waals surface area (Å²) in [4.78, 5) is 2.22. The van der Waals surface area contributed by atoms with Gasteiger partial charge in [-0.25, -0.2) is 0 Å². The Bertz CT molecular complexity index is 601. The van der Waals surface area contributed by atoms with E-state index in [4.69, 9.17) is 17.3 Å². The topological polar surface area (TPSA) is 29.3 Å². The molecule has 1 unspecified atom stereocenters. The molecule has 0 spiro atoms. The molecular formula is C16H18BrClN2. The van der Waals surface area contributed by atoms with Crippen LogP contribution in [0, 0.1) is 0 Å². The van der Waals surface area contributed by atoms with Crippen LogP contribution < -0.4 is 10.6 Å². The molecule has 0 heterocycles. The Labute approximate surface area is 133 Å². The second-order valence-corrected chi connectivity index (χ2v) is 6.17. The molecule has 106 valence electrons. The molecule has 0 amide bonds. The first-order valence-corrected chi connectivity index (χ1v) is 7.67. The highest BCUT2D eigenvalue weighted by Gasteiger charge is 2.15. The van der Waals surface area contributed by atoms with Gasteiger partial charge in [-0.05, 0) is 42.3 Å². The van der Waals surface area contributed by atoms with Crippen LogP contribution in [-0.4, -0.2) is 7.05 Å². The molecule has 2 N–H and O–H groups in total. The zero-order valence-electron chi connectivity index (χ0n) is 11.6. The van der Waals surface area contributed by atoms with Crippen LogP contribution in [0.15, 0.2) is 46.9 Å². The van der Waals surface area contributed by atoms with Gasteiger partial charge in [0.1, 0.15) is 0 Å². The highest BCUT2D eigenvalue weighted by Crippen LogP contribution is 2.31. The summed E-state index contributed by atoms with van der Waals surface area (Å²) in [5.41, 5.74) is 9.28. The smallest absolute Gasteiger partial charge is 0.0511 e. The molecule has 0 saturated carbocycles. The van der Waals surface area contributed by atoms with Crippen LogP contribution in [0.4, 0.5) is 5.69 Å². The lowest BCUT2D eigenvalue weighted by Gasteiger charge is -2.29. The maximum atomic E-state index is 6.08. The van der Waals surface area contributed by atoms with Gasteiger partial charge in [0.2, 0.25) is 0 Å². The van der Waals surface area contributed by atoms with Crippen LogP contribution >= 0.6 is 27.5 Å². The zero-order chi connectivity index (χ0) is 14.7. The first kappa shape index (κ1) is 15.4. The second-order valence-electron chi connectivity index (χ2n) is 4.82. The third kappa shape index (κ3) is 3.35. The highest BCUT2D eigenvalue weighted by atomic mass is 79.9. The van der Waals surface area contributed by atoms with Crippen LogP contribution in [0.1, 0.15) is 24.1 Å². The first-order chi connectivity index (χ1) is 9.52. The van der Waals surface area contributed by atoms with E-state index < -0.39 is 0 Å². The molecule has 1 atom stereocenters. The predicted molar refractivity (Wildman–Crippen MR) is 90.3 cm³/mol. The number of nitrogens with two attached hydrogens (primary N) is 1. The Morgan fingerprint density at radius 1 is 1.25 bits per heavy atom. The quantitative estimate of drug-likeness (QED) is 0.858. The molecule has 0 fully saturated rings. The van der Waals surface area contributed by atoms with Gasteiger partial charge < -0.3 is 10.6 Å². The number of hydrogen-bond donors (Lipinski definition) is 1. The molecule has 0 aliphatic rings. The summed E-state index contributed by atoms with van der Waals surface area (Å²) in [6, 6.07) is 14.4. The van der Waals surface area contributed by atoms with Gasteiger partial charge >= 0.3 is 0 Å². The lowest BCUT2D eigenvalue weighted by Crippen LogP contribution is -2.23. The molecule has 0 aliphatic heterocycles. The molecule has 0 radical (unpaired) electrons. The van der Waals surface area contributed by atoms with Gasteiger partial charge in [0.25, 0.3) is 0 Å². The van der Waals surface area contributed by atoms with Gasteiger partial charge in [0.15, 0.2) is 0 Å². The molecule has 0 bridgehead atoms. The average molecular weight is 354 g/mol. The number of hydrogen-bond acceptors (Lipinski definition) is 2. The summed E-state index contributed by atoms with van der Waals surface area (Å²) in [5, 5.41) is 0.760. The summed E-state index contributed by atoms with van der Waals surface area (Å²) >= 11 is 9.60. The van der Waals surface area contributed by atoms with Crippen molar-refractivity contribution in [2.75, 3.05) is 11.9 Å². The molecule has 20 heavy (non-hydrogen) atoms. The minimum atomic E-state index is 0.216. The van der Waals surface area contributed by atoms with E-state index in [1.807, 2.05) is 24.3 Å².